The number of rotatable bonds is 5. The Bertz CT molecular complexity index is 481. The summed E-state index contributed by atoms with van der Waals surface area (Å²) in [4.78, 5) is 14.3. The molecule has 1 aliphatic heterocycles. The van der Waals surface area contributed by atoms with Gasteiger partial charge in [0.2, 0.25) is 0 Å². The van der Waals surface area contributed by atoms with Gasteiger partial charge < -0.3 is 19.7 Å². The molecule has 0 saturated carbocycles. The van der Waals surface area contributed by atoms with Crippen LogP contribution in [-0.4, -0.2) is 50.4 Å². The van der Waals surface area contributed by atoms with Crippen LogP contribution in [0.15, 0.2) is 24.3 Å². The van der Waals surface area contributed by atoms with E-state index < -0.39 is 0 Å². The number of urea groups is 1. The maximum Gasteiger partial charge on any atom is 0.318 e. The van der Waals surface area contributed by atoms with Crippen molar-refractivity contribution < 1.29 is 14.3 Å². The summed E-state index contributed by atoms with van der Waals surface area (Å²) in [6.45, 7) is 4.35. The third-order valence-electron chi connectivity index (χ3n) is 3.81. The number of carbonyl (C=O) groups excluding carboxylic acids is 1. The van der Waals surface area contributed by atoms with Gasteiger partial charge in [-0.25, -0.2) is 4.79 Å². The summed E-state index contributed by atoms with van der Waals surface area (Å²) in [6.07, 6.45) is 0.711. The van der Waals surface area contributed by atoms with Crippen LogP contribution in [0.1, 0.15) is 24.9 Å². The van der Waals surface area contributed by atoms with Crippen LogP contribution in [0.2, 0.25) is 5.02 Å². The molecule has 0 bridgehead atoms. The molecule has 2 atom stereocenters. The summed E-state index contributed by atoms with van der Waals surface area (Å²) in [7, 11) is 1.66. The third-order valence-corrected chi connectivity index (χ3v) is 4.06. The van der Waals surface area contributed by atoms with Gasteiger partial charge in [-0.05, 0) is 31.0 Å². The molecule has 0 unspecified atom stereocenters. The SMILES string of the molecule is COCC[C@@H](NC(=O)N1CCOC[C@H]1C)c1ccc(Cl)cc1. The molecule has 22 heavy (non-hydrogen) atoms. The second-order valence-electron chi connectivity index (χ2n) is 5.45. The van der Waals surface area contributed by atoms with Gasteiger partial charge in [0.05, 0.1) is 25.3 Å². The molecule has 0 aromatic heterocycles. The molecular formula is C16H23ClN2O3. The fourth-order valence-electron chi connectivity index (χ4n) is 2.51. The highest BCUT2D eigenvalue weighted by molar-refractivity contribution is 6.30. The predicted octanol–water partition coefficient (Wildman–Crippen LogP) is 2.85. The molecule has 5 nitrogen and oxygen atoms in total. The van der Waals surface area contributed by atoms with E-state index in [0.29, 0.717) is 37.8 Å². The number of nitrogens with one attached hydrogen (secondary N) is 1. The number of ether oxygens (including phenoxy) is 2. The van der Waals surface area contributed by atoms with E-state index in [2.05, 4.69) is 5.32 Å². The summed E-state index contributed by atoms with van der Waals surface area (Å²) >= 11 is 5.93. The summed E-state index contributed by atoms with van der Waals surface area (Å²) in [5.41, 5.74) is 1.02. The van der Waals surface area contributed by atoms with Crippen LogP contribution in [0.25, 0.3) is 0 Å². The molecule has 1 aromatic rings. The van der Waals surface area contributed by atoms with Crippen molar-refractivity contribution in [3.63, 3.8) is 0 Å². The zero-order valence-corrected chi connectivity index (χ0v) is 13.8. The van der Waals surface area contributed by atoms with Gasteiger partial charge in [0, 0.05) is 25.3 Å². The van der Waals surface area contributed by atoms with E-state index in [1.807, 2.05) is 36.1 Å². The fourth-order valence-corrected chi connectivity index (χ4v) is 2.64. The topological polar surface area (TPSA) is 50.8 Å². The largest absolute Gasteiger partial charge is 0.385 e. The van der Waals surface area contributed by atoms with E-state index in [1.165, 1.54) is 0 Å². The zero-order chi connectivity index (χ0) is 15.9. The molecule has 6 heteroatoms. The first kappa shape index (κ1) is 17.1. The Kier molecular flexibility index (Phi) is 6.49. The van der Waals surface area contributed by atoms with E-state index in [0.717, 1.165) is 5.56 Å². The van der Waals surface area contributed by atoms with E-state index in [4.69, 9.17) is 21.1 Å². The van der Waals surface area contributed by atoms with E-state index in [9.17, 15) is 4.79 Å². The van der Waals surface area contributed by atoms with E-state index >= 15 is 0 Å². The predicted molar refractivity (Wildman–Crippen MR) is 86.2 cm³/mol. The van der Waals surface area contributed by atoms with Crippen LogP contribution < -0.4 is 5.32 Å². The van der Waals surface area contributed by atoms with Crippen molar-refractivity contribution >= 4 is 17.6 Å². The number of hydrogen-bond donors (Lipinski definition) is 1. The van der Waals surface area contributed by atoms with Gasteiger partial charge in [-0.15, -0.1) is 0 Å². The minimum Gasteiger partial charge on any atom is -0.385 e. The second-order valence-corrected chi connectivity index (χ2v) is 5.89. The van der Waals surface area contributed by atoms with E-state index in [-0.39, 0.29) is 18.1 Å². The van der Waals surface area contributed by atoms with Crippen LogP contribution in [0.3, 0.4) is 0 Å². The number of amides is 2. The number of nitrogens with zero attached hydrogens (tertiary/aromatic N) is 1. The summed E-state index contributed by atoms with van der Waals surface area (Å²) in [5, 5.41) is 3.78. The van der Waals surface area contributed by atoms with Gasteiger partial charge in [0.15, 0.2) is 0 Å². The lowest BCUT2D eigenvalue weighted by Gasteiger charge is -2.34. The molecule has 0 radical (unpaired) electrons. The van der Waals surface area contributed by atoms with Gasteiger partial charge in [-0.1, -0.05) is 23.7 Å². The Morgan fingerprint density at radius 3 is 2.86 bits per heavy atom. The molecule has 0 aliphatic carbocycles. The Balaban J connectivity index is 2.05. The van der Waals surface area contributed by atoms with Crippen molar-refractivity contribution in [1.82, 2.24) is 10.2 Å². The third kappa shape index (κ3) is 4.60. The molecule has 1 saturated heterocycles. The maximum absolute atomic E-state index is 12.5. The van der Waals surface area contributed by atoms with Crippen LogP contribution in [0.4, 0.5) is 4.79 Å². The Labute approximate surface area is 136 Å². The summed E-state index contributed by atoms with van der Waals surface area (Å²) < 4.78 is 10.5. The highest BCUT2D eigenvalue weighted by Gasteiger charge is 2.25. The van der Waals surface area contributed by atoms with Crippen LogP contribution in [-0.2, 0) is 9.47 Å². The molecule has 1 fully saturated rings. The molecular weight excluding hydrogens is 304 g/mol. The number of methoxy groups -OCH3 is 1. The van der Waals surface area contributed by atoms with Crippen molar-refractivity contribution in [3.05, 3.63) is 34.9 Å². The first-order valence-electron chi connectivity index (χ1n) is 7.51. The molecule has 1 aliphatic rings. The maximum atomic E-state index is 12.5. The van der Waals surface area contributed by atoms with Gasteiger partial charge >= 0.3 is 6.03 Å². The lowest BCUT2D eigenvalue weighted by Crippen LogP contribution is -2.51. The second kappa shape index (κ2) is 8.36. The molecule has 2 rings (SSSR count). The first-order valence-corrected chi connectivity index (χ1v) is 7.89. The van der Waals surface area contributed by atoms with Gasteiger partial charge in [0.25, 0.3) is 0 Å². The molecule has 2 amide bonds. The fraction of sp³-hybridized carbons (Fsp3) is 0.562. The van der Waals surface area contributed by atoms with Gasteiger partial charge in [-0.2, -0.15) is 0 Å². The minimum absolute atomic E-state index is 0.0631. The standard InChI is InChI=1S/C16H23ClN2O3/c1-12-11-22-10-8-19(12)16(20)18-15(7-9-21-2)13-3-5-14(17)6-4-13/h3-6,12,15H,7-11H2,1-2H3,(H,18,20)/t12-,15-/m1/s1. The number of carbonyl (C=O) groups is 1. The van der Waals surface area contributed by atoms with Crippen molar-refractivity contribution in [2.24, 2.45) is 0 Å². The molecule has 1 aromatic carbocycles. The smallest absolute Gasteiger partial charge is 0.318 e. The Hall–Kier alpha value is -1.30. The number of benzene rings is 1. The first-order chi connectivity index (χ1) is 10.6. The Morgan fingerprint density at radius 2 is 2.23 bits per heavy atom. The molecule has 1 heterocycles. The molecule has 122 valence electrons. The molecule has 1 N–H and O–H groups in total. The van der Waals surface area contributed by atoms with Crippen molar-refractivity contribution in [2.75, 3.05) is 33.5 Å². The lowest BCUT2D eigenvalue weighted by atomic mass is 10.0. The van der Waals surface area contributed by atoms with Crippen LogP contribution in [0, 0.1) is 0 Å². The monoisotopic (exact) mass is 326 g/mol. The van der Waals surface area contributed by atoms with Crippen molar-refractivity contribution in [3.8, 4) is 0 Å². The van der Waals surface area contributed by atoms with Crippen LogP contribution >= 0.6 is 11.6 Å². The zero-order valence-electron chi connectivity index (χ0n) is 13.0. The van der Waals surface area contributed by atoms with Gasteiger partial charge in [0.1, 0.15) is 0 Å². The molecule has 0 spiro atoms. The number of morpholine rings is 1. The van der Waals surface area contributed by atoms with Crippen LogP contribution in [0.5, 0.6) is 0 Å². The average Bonchev–Trinajstić information content (AvgIpc) is 2.52. The summed E-state index contributed by atoms with van der Waals surface area (Å²) in [6, 6.07) is 7.46. The summed E-state index contributed by atoms with van der Waals surface area (Å²) in [5.74, 6) is 0. The van der Waals surface area contributed by atoms with Crippen molar-refractivity contribution in [1.29, 1.82) is 0 Å². The quantitative estimate of drug-likeness (QED) is 0.905. The highest BCUT2D eigenvalue weighted by Crippen LogP contribution is 2.20. The average molecular weight is 327 g/mol. The van der Waals surface area contributed by atoms with Gasteiger partial charge in [-0.3, -0.25) is 0 Å². The Morgan fingerprint density at radius 1 is 1.50 bits per heavy atom. The minimum atomic E-state index is -0.0974. The lowest BCUT2D eigenvalue weighted by molar-refractivity contribution is 0.0181. The number of hydrogen-bond acceptors (Lipinski definition) is 3. The number of halogens is 1. The van der Waals surface area contributed by atoms with Crippen molar-refractivity contribution in [2.45, 2.75) is 25.4 Å². The van der Waals surface area contributed by atoms with E-state index in [1.54, 1.807) is 7.11 Å². The normalized spacial score (nSPS) is 19.8. The highest BCUT2D eigenvalue weighted by atomic mass is 35.5.